The fourth-order valence-electron chi connectivity index (χ4n) is 5.90. The van der Waals surface area contributed by atoms with Crippen molar-refractivity contribution in [1.82, 2.24) is 4.31 Å². The van der Waals surface area contributed by atoms with Crippen LogP contribution in [0.2, 0.25) is 0 Å². The Kier molecular flexibility index (Phi) is 3.26. The smallest absolute Gasteiger partial charge is 0.256 e. The lowest BCUT2D eigenvalue weighted by molar-refractivity contribution is 0.103. The lowest BCUT2D eigenvalue weighted by Gasteiger charge is -2.39. The Hall–Kier alpha value is -1.92. The SMILES string of the molecule is CC1(C)C[C@H]2C[C@@](C)(CN2S(=O)(=O)c2ccc3c4c(cccc24)C(=O)N3)C1. The van der Waals surface area contributed by atoms with Gasteiger partial charge >= 0.3 is 0 Å². The van der Waals surface area contributed by atoms with E-state index in [2.05, 4.69) is 26.1 Å². The van der Waals surface area contributed by atoms with Crippen molar-refractivity contribution in [3.63, 3.8) is 0 Å². The van der Waals surface area contributed by atoms with Crippen molar-refractivity contribution in [1.29, 1.82) is 0 Å². The highest BCUT2D eigenvalue weighted by Gasteiger charge is 2.53. The van der Waals surface area contributed by atoms with Crippen molar-refractivity contribution < 1.29 is 13.2 Å². The largest absolute Gasteiger partial charge is 0.321 e. The minimum Gasteiger partial charge on any atom is -0.321 e. The third-order valence-electron chi connectivity index (χ3n) is 6.45. The van der Waals surface area contributed by atoms with Crippen molar-refractivity contribution in [2.45, 2.75) is 51.0 Å². The summed E-state index contributed by atoms with van der Waals surface area (Å²) in [4.78, 5) is 12.5. The van der Waals surface area contributed by atoms with Crippen LogP contribution in [0.5, 0.6) is 0 Å². The number of nitrogens with one attached hydrogen (secondary N) is 1. The van der Waals surface area contributed by atoms with Gasteiger partial charge in [-0.1, -0.05) is 32.9 Å². The summed E-state index contributed by atoms with van der Waals surface area (Å²) < 4.78 is 29.1. The van der Waals surface area contributed by atoms with E-state index in [4.69, 9.17) is 0 Å². The van der Waals surface area contributed by atoms with Gasteiger partial charge in [0.05, 0.1) is 4.90 Å². The Labute approximate surface area is 159 Å². The van der Waals surface area contributed by atoms with Gasteiger partial charge in [0.1, 0.15) is 0 Å². The molecule has 2 aromatic carbocycles. The van der Waals surface area contributed by atoms with Crippen LogP contribution in [0.25, 0.3) is 10.8 Å². The van der Waals surface area contributed by atoms with Crippen LogP contribution in [0.3, 0.4) is 0 Å². The summed E-state index contributed by atoms with van der Waals surface area (Å²) >= 11 is 0. The van der Waals surface area contributed by atoms with Gasteiger partial charge in [0.15, 0.2) is 0 Å². The zero-order valence-electron chi connectivity index (χ0n) is 15.9. The van der Waals surface area contributed by atoms with E-state index in [1.807, 2.05) is 6.07 Å². The van der Waals surface area contributed by atoms with Gasteiger partial charge in [-0.05, 0) is 48.3 Å². The maximum absolute atomic E-state index is 13.7. The highest BCUT2D eigenvalue weighted by Crippen LogP contribution is 2.54. The average Bonchev–Trinajstić information content (AvgIpc) is 3.02. The fourth-order valence-corrected chi connectivity index (χ4v) is 7.87. The van der Waals surface area contributed by atoms with Crippen LogP contribution in [0, 0.1) is 10.8 Å². The minimum atomic E-state index is -3.64. The van der Waals surface area contributed by atoms with E-state index in [1.54, 1.807) is 28.6 Å². The van der Waals surface area contributed by atoms with E-state index in [1.165, 1.54) is 0 Å². The number of fused-ring (bicyclic) bond motifs is 2. The number of hydrogen-bond donors (Lipinski definition) is 1. The third-order valence-corrected chi connectivity index (χ3v) is 8.40. The molecule has 5 nitrogen and oxygen atoms in total. The Bertz CT molecular complexity index is 1110. The molecule has 1 saturated heterocycles. The number of nitrogens with zero attached hydrogens (tertiary/aromatic N) is 1. The fraction of sp³-hybridized carbons (Fsp3) is 0.476. The van der Waals surface area contributed by atoms with Gasteiger partial charge in [0.25, 0.3) is 5.91 Å². The molecule has 1 N–H and O–H groups in total. The summed E-state index contributed by atoms with van der Waals surface area (Å²) in [6.45, 7) is 7.27. The number of anilines is 1. The predicted molar refractivity (Wildman–Crippen MR) is 105 cm³/mol. The molecule has 1 saturated carbocycles. The Morgan fingerprint density at radius 1 is 1.11 bits per heavy atom. The summed E-state index contributed by atoms with van der Waals surface area (Å²) in [7, 11) is -3.64. The van der Waals surface area contributed by atoms with Gasteiger partial charge in [0, 0.05) is 34.6 Å². The number of sulfonamides is 1. The average molecular weight is 385 g/mol. The normalized spacial score (nSPS) is 29.3. The van der Waals surface area contributed by atoms with Crippen molar-refractivity contribution in [3.05, 3.63) is 35.9 Å². The van der Waals surface area contributed by atoms with Gasteiger partial charge in [-0.3, -0.25) is 4.79 Å². The first-order valence-corrected chi connectivity index (χ1v) is 10.9. The molecule has 1 amide bonds. The number of carbonyl (C=O) groups excluding carboxylic acids is 1. The van der Waals surface area contributed by atoms with Gasteiger partial charge < -0.3 is 5.32 Å². The first kappa shape index (κ1) is 17.2. The summed E-state index contributed by atoms with van der Waals surface area (Å²) in [5, 5.41) is 4.18. The number of carbonyl (C=O) groups is 1. The van der Waals surface area contributed by atoms with E-state index >= 15 is 0 Å². The van der Waals surface area contributed by atoms with E-state index in [9.17, 15) is 13.2 Å². The molecule has 2 aliphatic heterocycles. The molecule has 0 radical (unpaired) electrons. The summed E-state index contributed by atoms with van der Waals surface area (Å²) in [5.41, 5.74) is 1.43. The predicted octanol–water partition coefficient (Wildman–Crippen LogP) is 3.99. The Balaban J connectivity index is 1.66. The number of benzene rings is 2. The van der Waals surface area contributed by atoms with Crippen LogP contribution >= 0.6 is 0 Å². The highest BCUT2D eigenvalue weighted by molar-refractivity contribution is 7.89. The molecule has 2 heterocycles. The quantitative estimate of drug-likeness (QED) is 0.851. The standard InChI is InChI=1S/C21H24N2O3S/c1-20(2)9-13-10-21(3,11-20)12-23(13)27(25,26)17-8-7-16-18-14(17)5-4-6-15(18)19(24)22-16/h4-8,13H,9-12H2,1-3H3,(H,22,24)/t13-,21+/m0/s1. The molecule has 0 spiro atoms. The molecule has 6 heteroatoms. The van der Waals surface area contributed by atoms with Crippen molar-refractivity contribution >= 4 is 32.4 Å². The molecule has 1 aliphatic carbocycles. The summed E-state index contributed by atoms with van der Waals surface area (Å²) in [6.07, 6.45) is 2.87. The number of hydrogen-bond acceptors (Lipinski definition) is 3. The third kappa shape index (κ3) is 2.39. The van der Waals surface area contributed by atoms with Gasteiger partial charge in [-0.2, -0.15) is 4.31 Å². The first-order valence-electron chi connectivity index (χ1n) is 9.49. The Morgan fingerprint density at radius 3 is 2.67 bits per heavy atom. The maximum atomic E-state index is 13.7. The molecule has 27 heavy (non-hydrogen) atoms. The molecular weight excluding hydrogens is 360 g/mol. The molecule has 2 aromatic rings. The zero-order valence-corrected chi connectivity index (χ0v) is 16.7. The molecule has 2 fully saturated rings. The lowest BCUT2D eigenvalue weighted by Crippen LogP contribution is -2.37. The summed E-state index contributed by atoms with van der Waals surface area (Å²) in [6, 6.07) is 8.74. The summed E-state index contributed by atoms with van der Waals surface area (Å²) in [5.74, 6) is -0.170. The maximum Gasteiger partial charge on any atom is 0.256 e. The first-order chi connectivity index (χ1) is 12.6. The molecule has 0 unspecified atom stereocenters. The van der Waals surface area contributed by atoms with Crippen LogP contribution in [-0.2, 0) is 10.0 Å². The van der Waals surface area contributed by atoms with Crippen molar-refractivity contribution in [2.75, 3.05) is 11.9 Å². The van der Waals surface area contributed by atoms with Crippen molar-refractivity contribution in [2.24, 2.45) is 10.8 Å². The minimum absolute atomic E-state index is 0.0336. The van der Waals surface area contributed by atoms with Crippen LogP contribution in [-0.4, -0.2) is 31.2 Å². The molecule has 0 aromatic heterocycles. The molecule has 2 bridgehead atoms. The highest BCUT2D eigenvalue weighted by atomic mass is 32.2. The number of amides is 1. The van der Waals surface area contributed by atoms with Gasteiger partial charge in [0.2, 0.25) is 10.0 Å². The molecular formula is C21H24N2O3S. The molecule has 2 atom stereocenters. The van der Waals surface area contributed by atoms with E-state index in [0.717, 1.165) is 24.6 Å². The molecule has 5 rings (SSSR count). The van der Waals surface area contributed by atoms with Crippen LogP contribution in [0.4, 0.5) is 5.69 Å². The van der Waals surface area contributed by atoms with Crippen LogP contribution in [0.1, 0.15) is 50.4 Å². The lowest BCUT2D eigenvalue weighted by atomic mass is 9.65. The second-order valence-electron chi connectivity index (χ2n) is 9.56. The number of rotatable bonds is 2. The Morgan fingerprint density at radius 2 is 1.89 bits per heavy atom. The second kappa shape index (κ2) is 5.11. The van der Waals surface area contributed by atoms with Gasteiger partial charge in [-0.15, -0.1) is 0 Å². The van der Waals surface area contributed by atoms with Crippen molar-refractivity contribution in [3.8, 4) is 0 Å². The molecule has 142 valence electrons. The van der Waals surface area contributed by atoms with E-state index < -0.39 is 10.0 Å². The van der Waals surface area contributed by atoms with E-state index in [0.29, 0.717) is 28.1 Å². The van der Waals surface area contributed by atoms with E-state index in [-0.39, 0.29) is 22.8 Å². The van der Waals surface area contributed by atoms with Gasteiger partial charge in [-0.25, -0.2) is 8.42 Å². The molecule has 3 aliphatic rings. The van der Waals surface area contributed by atoms with Crippen LogP contribution < -0.4 is 5.32 Å². The second-order valence-corrected chi connectivity index (χ2v) is 11.4. The topological polar surface area (TPSA) is 66.5 Å². The van der Waals surface area contributed by atoms with Crippen LogP contribution in [0.15, 0.2) is 35.2 Å². The monoisotopic (exact) mass is 384 g/mol. The zero-order chi connectivity index (χ0) is 19.2.